The van der Waals surface area contributed by atoms with Gasteiger partial charge in [-0.25, -0.2) is 4.98 Å². The molecule has 2 aromatic heterocycles. The van der Waals surface area contributed by atoms with Gasteiger partial charge in [-0.2, -0.15) is 0 Å². The first kappa shape index (κ1) is 14.7. The molecular formula is C17H11ClN2OS. The Kier molecular flexibility index (Phi) is 4.19. The van der Waals surface area contributed by atoms with Gasteiger partial charge in [0.15, 0.2) is 0 Å². The summed E-state index contributed by atoms with van der Waals surface area (Å²) >= 11 is 7.58. The molecule has 0 fully saturated rings. The van der Waals surface area contributed by atoms with Crippen LogP contribution < -0.4 is 5.56 Å². The lowest BCUT2D eigenvalue weighted by atomic mass is 10.2. The van der Waals surface area contributed by atoms with Crippen molar-refractivity contribution < 1.29 is 0 Å². The molecule has 0 saturated carbocycles. The van der Waals surface area contributed by atoms with Gasteiger partial charge in [-0.3, -0.25) is 4.79 Å². The zero-order valence-corrected chi connectivity index (χ0v) is 13.0. The fourth-order valence-corrected chi connectivity index (χ4v) is 3.41. The molecule has 0 saturated heterocycles. The predicted molar refractivity (Wildman–Crippen MR) is 91.3 cm³/mol. The number of aromatic nitrogens is 2. The molecule has 3 nitrogen and oxygen atoms in total. The summed E-state index contributed by atoms with van der Waals surface area (Å²) in [5.74, 6) is 3.19. The lowest BCUT2D eigenvalue weighted by Gasteiger charge is -2.08. The summed E-state index contributed by atoms with van der Waals surface area (Å²) in [4.78, 5) is 18.9. The third kappa shape index (κ3) is 2.74. The topological polar surface area (TPSA) is 45.8 Å². The number of pyridine rings is 2. The highest BCUT2D eigenvalue weighted by Gasteiger charge is 2.10. The first-order valence-electron chi connectivity index (χ1n) is 6.54. The van der Waals surface area contributed by atoms with E-state index in [-0.39, 0.29) is 10.6 Å². The standard InChI is InChI=1S/C17H11ClN2OS/c1-2-14-11(6-5-9-19-14)10-22-17-13-8-4-3-7-12(13)15(18)16(21)20-17/h1,3-9H,10H2,(H,20,21). The fraction of sp³-hybridized carbons (Fsp3) is 0.0588. The summed E-state index contributed by atoms with van der Waals surface area (Å²) in [5, 5.41) is 2.66. The second-order valence-electron chi connectivity index (χ2n) is 4.59. The molecule has 0 aliphatic carbocycles. The van der Waals surface area contributed by atoms with Gasteiger partial charge in [0.2, 0.25) is 0 Å². The van der Waals surface area contributed by atoms with Gasteiger partial charge in [-0.1, -0.05) is 41.9 Å². The van der Waals surface area contributed by atoms with Crippen molar-refractivity contribution in [2.24, 2.45) is 0 Å². The largest absolute Gasteiger partial charge is 0.315 e. The van der Waals surface area contributed by atoms with E-state index in [0.29, 0.717) is 11.4 Å². The maximum absolute atomic E-state index is 11.9. The number of terminal acetylenes is 1. The minimum atomic E-state index is -0.286. The Morgan fingerprint density at radius 3 is 2.77 bits per heavy atom. The molecule has 22 heavy (non-hydrogen) atoms. The fourth-order valence-electron chi connectivity index (χ4n) is 2.17. The summed E-state index contributed by atoms with van der Waals surface area (Å²) in [6.07, 6.45) is 7.13. The number of aromatic amines is 1. The number of hydrogen-bond donors (Lipinski definition) is 1. The number of H-pyrrole nitrogens is 1. The Morgan fingerprint density at radius 1 is 1.23 bits per heavy atom. The molecule has 1 aromatic carbocycles. The second kappa shape index (κ2) is 6.27. The highest BCUT2D eigenvalue weighted by molar-refractivity contribution is 7.98. The molecule has 3 aromatic rings. The summed E-state index contributed by atoms with van der Waals surface area (Å²) in [5.41, 5.74) is 1.29. The highest BCUT2D eigenvalue weighted by Crippen LogP contribution is 2.30. The third-order valence-electron chi connectivity index (χ3n) is 3.23. The number of thioether (sulfide) groups is 1. The van der Waals surface area contributed by atoms with Gasteiger partial charge in [0, 0.05) is 22.7 Å². The zero-order chi connectivity index (χ0) is 15.5. The Hall–Kier alpha value is -2.22. The van der Waals surface area contributed by atoms with Gasteiger partial charge in [0.25, 0.3) is 5.56 Å². The molecule has 0 bridgehead atoms. The van der Waals surface area contributed by atoms with Crippen LogP contribution in [0.2, 0.25) is 5.02 Å². The van der Waals surface area contributed by atoms with Gasteiger partial charge in [-0.15, -0.1) is 18.2 Å². The summed E-state index contributed by atoms with van der Waals surface area (Å²) in [7, 11) is 0. The second-order valence-corrected chi connectivity index (χ2v) is 5.95. The van der Waals surface area contributed by atoms with Gasteiger partial charge in [0.05, 0.1) is 5.03 Å². The number of halogens is 1. The van der Waals surface area contributed by atoms with Gasteiger partial charge in [0.1, 0.15) is 10.7 Å². The molecule has 3 rings (SSSR count). The molecule has 2 heterocycles. The molecule has 0 amide bonds. The van der Waals surface area contributed by atoms with Crippen molar-refractivity contribution in [2.45, 2.75) is 10.8 Å². The molecular weight excluding hydrogens is 316 g/mol. The average Bonchev–Trinajstić information content (AvgIpc) is 2.57. The van der Waals surface area contributed by atoms with Gasteiger partial charge in [-0.05, 0) is 17.6 Å². The molecule has 0 atom stereocenters. The van der Waals surface area contributed by atoms with Crippen molar-refractivity contribution >= 4 is 34.1 Å². The van der Waals surface area contributed by atoms with Crippen LogP contribution in [0.15, 0.2) is 52.4 Å². The van der Waals surface area contributed by atoms with E-state index in [1.54, 1.807) is 6.20 Å². The van der Waals surface area contributed by atoms with Crippen molar-refractivity contribution in [3.8, 4) is 12.3 Å². The Bertz CT molecular complexity index is 943. The summed E-state index contributed by atoms with van der Waals surface area (Å²) in [6, 6.07) is 11.3. The van der Waals surface area contributed by atoms with Crippen LogP contribution in [0.5, 0.6) is 0 Å². The molecule has 0 aliphatic heterocycles. The zero-order valence-electron chi connectivity index (χ0n) is 11.5. The Morgan fingerprint density at radius 2 is 2.00 bits per heavy atom. The van der Waals surface area contributed by atoms with Crippen LogP contribution >= 0.6 is 23.4 Å². The number of benzene rings is 1. The normalized spacial score (nSPS) is 10.5. The minimum absolute atomic E-state index is 0.214. The van der Waals surface area contributed by atoms with E-state index in [0.717, 1.165) is 21.4 Å². The predicted octanol–water partition coefficient (Wildman–Crippen LogP) is 3.85. The molecule has 0 unspecified atom stereocenters. The van der Waals surface area contributed by atoms with E-state index in [1.165, 1.54) is 11.8 Å². The SMILES string of the molecule is C#Cc1ncccc1CSc1[nH]c(=O)c(Cl)c2ccccc12. The monoisotopic (exact) mass is 326 g/mol. The molecule has 108 valence electrons. The maximum Gasteiger partial charge on any atom is 0.268 e. The van der Waals surface area contributed by atoms with Gasteiger partial charge >= 0.3 is 0 Å². The van der Waals surface area contributed by atoms with Crippen LogP contribution in [0.3, 0.4) is 0 Å². The van der Waals surface area contributed by atoms with Crippen LogP contribution in [0.4, 0.5) is 0 Å². The quantitative estimate of drug-likeness (QED) is 0.587. The molecule has 0 aliphatic rings. The Labute approximate surface area is 136 Å². The first-order chi connectivity index (χ1) is 10.7. The van der Waals surface area contributed by atoms with Crippen molar-refractivity contribution in [2.75, 3.05) is 0 Å². The minimum Gasteiger partial charge on any atom is -0.315 e. The number of rotatable bonds is 3. The van der Waals surface area contributed by atoms with E-state index in [9.17, 15) is 4.79 Å². The molecule has 0 radical (unpaired) electrons. The van der Waals surface area contributed by atoms with E-state index >= 15 is 0 Å². The highest BCUT2D eigenvalue weighted by atomic mass is 35.5. The lowest BCUT2D eigenvalue weighted by Crippen LogP contribution is -2.08. The van der Waals surface area contributed by atoms with Crippen molar-refractivity contribution in [1.82, 2.24) is 9.97 Å². The number of nitrogens with zero attached hydrogens (tertiary/aromatic N) is 1. The van der Waals surface area contributed by atoms with Crippen molar-refractivity contribution in [1.29, 1.82) is 0 Å². The first-order valence-corrected chi connectivity index (χ1v) is 7.91. The molecule has 0 spiro atoms. The lowest BCUT2D eigenvalue weighted by molar-refractivity contribution is 1.11. The Balaban J connectivity index is 2.00. The van der Waals surface area contributed by atoms with Crippen LogP contribution in [0, 0.1) is 12.3 Å². The number of hydrogen-bond acceptors (Lipinski definition) is 3. The molecule has 5 heteroatoms. The maximum atomic E-state index is 11.9. The smallest absolute Gasteiger partial charge is 0.268 e. The van der Waals surface area contributed by atoms with Crippen LogP contribution in [-0.2, 0) is 5.75 Å². The molecule has 1 N–H and O–H groups in total. The van der Waals surface area contributed by atoms with Crippen molar-refractivity contribution in [3.05, 3.63) is 69.2 Å². The summed E-state index contributed by atoms with van der Waals surface area (Å²) in [6.45, 7) is 0. The third-order valence-corrected chi connectivity index (χ3v) is 4.68. The average molecular weight is 327 g/mol. The van der Waals surface area contributed by atoms with Crippen molar-refractivity contribution in [3.63, 3.8) is 0 Å². The summed E-state index contributed by atoms with van der Waals surface area (Å²) < 4.78 is 0. The number of fused-ring (bicyclic) bond motifs is 1. The van der Waals surface area contributed by atoms with Crippen LogP contribution in [-0.4, -0.2) is 9.97 Å². The van der Waals surface area contributed by atoms with E-state index in [1.807, 2.05) is 36.4 Å². The van der Waals surface area contributed by atoms with E-state index in [2.05, 4.69) is 15.9 Å². The number of nitrogens with one attached hydrogen (secondary N) is 1. The van der Waals surface area contributed by atoms with E-state index in [4.69, 9.17) is 18.0 Å². The van der Waals surface area contributed by atoms with Crippen LogP contribution in [0.25, 0.3) is 10.8 Å². The van der Waals surface area contributed by atoms with Gasteiger partial charge < -0.3 is 4.98 Å². The van der Waals surface area contributed by atoms with E-state index < -0.39 is 0 Å². The van der Waals surface area contributed by atoms with Crippen LogP contribution in [0.1, 0.15) is 11.3 Å².